The Bertz CT molecular complexity index is 3110. The van der Waals surface area contributed by atoms with E-state index in [-0.39, 0.29) is 5.41 Å². The molecule has 1 atom stereocenters. The lowest BCUT2D eigenvalue weighted by atomic mass is 9.74. The number of rotatable bonds is 5. The van der Waals surface area contributed by atoms with E-state index in [9.17, 15) is 0 Å². The lowest BCUT2D eigenvalue weighted by Crippen LogP contribution is -2.22. The highest BCUT2D eigenvalue weighted by atomic mass is 32.1. The summed E-state index contributed by atoms with van der Waals surface area (Å²) in [7, 11) is 0. The van der Waals surface area contributed by atoms with E-state index < -0.39 is 0 Å². The van der Waals surface area contributed by atoms with E-state index >= 15 is 0 Å². The number of hydrogen-bond acceptors (Lipinski definition) is 3. The second kappa shape index (κ2) is 12.4. The van der Waals surface area contributed by atoms with Crippen LogP contribution >= 0.6 is 11.3 Å². The van der Waals surface area contributed by atoms with Crippen molar-refractivity contribution in [2.75, 3.05) is 0 Å². The number of nitrogens with zero attached hydrogens (tertiary/aromatic N) is 2. The van der Waals surface area contributed by atoms with E-state index in [2.05, 4.69) is 189 Å². The molecule has 0 saturated heterocycles. The maximum Gasteiger partial charge on any atom is 0.160 e. The number of hydrogen-bond donors (Lipinski definition) is 0. The van der Waals surface area contributed by atoms with E-state index in [0.717, 1.165) is 39.3 Å². The zero-order valence-electron chi connectivity index (χ0n) is 30.2. The quantitative estimate of drug-likeness (QED) is 0.177. The lowest BCUT2D eigenvalue weighted by Gasteiger charge is -2.28. The third-order valence-corrected chi connectivity index (χ3v) is 12.8. The first-order chi connectivity index (χ1) is 27.1. The zero-order chi connectivity index (χ0) is 36.5. The van der Waals surface area contributed by atoms with Crippen LogP contribution in [0.2, 0.25) is 0 Å². The normalized spacial score (nSPS) is 14.7. The average Bonchev–Trinajstić information content (AvgIpc) is 3.76. The Labute approximate surface area is 324 Å². The van der Waals surface area contributed by atoms with Crippen LogP contribution in [0.5, 0.6) is 0 Å². The standard InChI is InChI=1S/C52H34N2S/c1-52(36-16-6-3-7-17-36)45-22-12-10-20-40(45)41-26-24-34(31-46(41)52)37-27-28-42(39-19-9-8-18-38(37)39)48-32-47(53-51(54-48)33-14-4-2-5-15-33)35-25-29-50-44(30-35)43-21-11-13-23-49(43)55-50/h2-32H,1H3. The Morgan fingerprint density at radius 2 is 0.982 bits per heavy atom. The molecular weight excluding hydrogens is 685 g/mol. The third-order valence-electron chi connectivity index (χ3n) is 11.6. The molecular formula is C52H34N2S. The molecule has 2 heterocycles. The maximum absolute atomic E-state index is 5.27. The highest BCUT2D eigenvalue weighted by Gasteiger charge is 2.40. The molecule has 258 valence electrons. The van der Waals surface area contributed by atoms with Gasteiger partial charge in [0.15, 0.2) is 5.82 Å². The van der Waals surface area contributed by atoms with E-state index in [4.69, 9.17) is 9.97 Å². The molecule has 0 bridgehead atoms. The monoisotopic (exact) mass is 718 g/mol. The number of thiophene rings is 1. The molecule has 1 aliphatic carbocycles. The molecule has 1 aliphatic rings. The van der Waals surface area contributed by atoms with Crippen LogP contribution in [0.4, 0.5) is 0 Å². The second-order valence-corrected chi connectivity index (χ2v) is 15.7. The Kier molecular flexibility index (Phi) is 7.20. The van der Waals surface area contributed by atoms with Gasteiger partial charge in [0.1, 0.15) is 0 Å². The van der Waals surface area contributed by atoms with Crippen LogP contribution in [0.15, 0.2) is 188 Å². The summed E-state index contributed by atoms with van der Waals surface area (Å²) in [6, 6.07) is 68.1. The van der Waals surface area contributed by atoms with Gasteiger partial charge < -0.3 is 0 Å². The largest absolute Gasteiger partial charge is 0.228 e. The fourth-order valence-corrected chi connectivity index (χ4v) is 9.94. The van der Waals surface area contributed by atoms with Crippen LogP contribution < -0.4 is 0 Å². The summed E-state index contributed by atoms with van der Waals surface area (Å²) in [5.41, 5.74) is 13.8. The van der Waals surface area contributed by atoms with Crippen LogP contribution in [-0.4, -0.2) is 9.97 Å². The molecule has 10 aromatic rings. The van der Waals surface area contributed by atoms with Crippen molar-refractivity contribution in [1.29, 1.82) is 0 Å². The molecule has 0 amide bonds. The first-order valence-electron chi connectivity index (χ1n) is 18.8. The van der Waals surface area contributed by atoms with Gasteiger partial charge in [0.05, 0.1) is 11.4 Å². The maximum atomic E-state index is 5.27. The highest BCUT2D eigenvalue weighted by Crippen LogP contribution is 2.53. The van der Waals surface area contributed by atoms with E-state index in [0.29, 0.717) is 0 Å². The van der Waals surface area contributed by atoms with Crippen molar-refractivity contribution < 1.29 is 0 Å². The summed E-state index contributed by atoms with van der Waals surface area (Å²) in [5, 5.41) is 4.90. The minimum atomic E-state index is -0.261. The fraction of sp³-hybridized carbons (Fsp3) is 0.0385. The first kappa shape index (κ1) is 31.8. The topological polar surface area (TPSA) is 25.8 Å². The van der Waals surface area contributed by atoms with E-state index in [1.165, 1.54) is 64.5 Å². The van der Waals surface area contributed by atoms with Crippen molar-refractivity contribution >= 4 is 42.3 Å². The summed E-state index contributed by atoms with van der Waals surface area (Å²) < 4.78 is 2.58. The molecule has 1 unspecified atom stereocenters. The number of benzene rings is 8. The third kappa shape index (κ3) is 5.01. The number of fused-ring (bicyclic) bond motifs is 7. The molecule has 0 aliphatic heterocycles. The Morgan fingerprint density at radius 3 is 1.82 bits per heavy atom. The molecule has 3 heteroatoms. The molecule has 0 fully saturated rings. The Balaban J connectivity index is 1.08. The van der Waals surface area contributed by atoms with Gasteiger partial charge in [-0.1, -0.05) is 158 Å². The Hall–Kier alpha value is -6.68. The first-order valence-corrected chi connectivity index (χ1v) is 19.6. The summed E-state index contributed by atoms with van der Waals surface area (Å²) >= 11 is 1.84. The minimum Gasteiger partial charge on any atom is -0.228 e. The van der Waals surface area contributed by atoms with Crippen LogP contribution in [0.3, 0.4) is 0 Å². The van der Waals surface area contributed by atoms with Gasteiger partial charge in [-0.2, -0.15) is 0 Å². The van der Waals surface area contributed by atoms with Crippen molar-refractivity contribution in [3.63, 3.8) is 0 Å². The average molecular weight is 719 g/mol. The molecule has 0 saturated carbocycles. The molecule has 11 rings (SSSR count). The molecule has 2 aromatic heterocycles. The second-order valence-electron chi connectivity index (χ2n) is 14.6. The van der Waals surface area contributed by atoms with Gasteiger partial charge in [-0.05, 0) is 87.0 Å². The Morgan fingerprint density at radius 1 is 0.382 bits per heavy atom. The van der Waals surface area contributed by atoms with Gasteiger partial charge in [0.25, 0.3) is 0 Å². The summed E-state index contributed by atoms with van der Waals surface area (Å²) in [6.07, 6.45) is 0. The fourth-order valence-electron chi connectivity index (χ4n) is 8.85. The predicted molar refractivity (Wildman–Crippen MR) is 232 cm³/mol. The van der Waals surface area contributed by atoms with Crippen LogP contribution in [-0.2, 0) is 5.41 Å². The van der Waals surface area contributed by atoms with Gasteiger partial charge in [-0.15, -0.1) is 11.3 Å². The smallest absolute Gasteiger partial charge is 0.160 e. The van der Waals surface area contributed by atoms with Crippen molar-refractivity contribution in [3.05, 3.63) is 205 Å². The van der Waals surface area contributed by atoms with Crippen molar-refractivity contribution in [2.24, 2.45) is 0 Å². The molecule has 0 radical (unpaired) electrons. The summed E-state index contributed by atoms with van der Waals surface area (Å²) in [6.45, 7) is 2.38. The van der Waals surface area contributed by atoms with Gasteiger partial charge in [-0.25, -0.2) is 9.97 Å². The molecule has 55 heavy (non-hydrogen) atoms. The van der Waals surface area contributed by atoms with Gasteiger partial charge >= 0.3 is 0 Å². The molecule has 2 nitrogen and oxygen atoms in total. The van der Waals surface area contributed by atoms with Crippen molar-refractivity contribution in [1.82, 2.24) is 9.97 Å². The minimum absolute atomic E-state index is 0.261. The van der Waals surface area contributed by atoms with Gasteiger partial charge in [-0.3, -0.25) is 0 Å². The van der Waals surface area contributed by atoms with Crippen LogP contribution in [0.1, 0.15) is 23.6 Å². The molecule has 0 spiro atoms. The van der Waals surface area contributed by atoms with Gasteiger partial charge in [0, 0.05) is 42.3 Å². The zero-order valence-corrected chi connectivity index (χ0v) is 31.0. The SMILES string of the molecule is CC1(c2ccccc2)c2ccccc2-c2ccc(-c3ccc(-c4cc(-c5ccc6sc7ccccc7c6c5)nc(-c5ccccc5)n4)c4ccccc34)cc21. The van der Waals surface area contributed by atoms with Crippen molar-refractivity contribution in [3.8, 4) is 56.2 Å². The van der Waals surface area contributed by atoms with E-state index in [1.54, 1.807) is 0 Å². The molecule has 8 aromatic carbocycles. The van der Waals surface area contributed by atoms with Crippen LogP contribution in [0, 0.1) is 0 Å². The van der Waals surface area contributed by atoms with Crippen molar-refractivity contribution in [2.45, 2.75) is 12.3 Å². The number of aromatic nitrogens is 2. The molecule has 0 N–H and O–H groups in total. The predicted octanol–water partition coefficient (Wildman–Crippen LogP) is 14.0. The summed E-state index contributed by atoms with van der Waals surface area (Å²) in [4.78, 5) is 10.5. The van der Waals surface area contributed by atoms with Crippen LogP contribution in [0.25, 0.3) is 87.1 Å². The highest BCUT2D eigenvalue weighted by molar-refractivity contribution is 7.25. The summed E-state index contributed by atoms with van der Waals surface area (Å²) in [5.74, 6) is 0.718. The van der Waals surface area contributed by atoms with E-state index in [1.807, 2.05) is 17.4 Å². The van der Waals surface area contributed by atoms with Gasteiger partial charge in [0.2, 0.25) is 0 Å². The lowest BCUT2D eigenvalue weighted by molar-refractivity contribution is 0.714.